The molecule has 0 aliphatic rings. The van der Waals surface area contributed by atoms with Crippen molar-refractivity contribution in [3.63, 3.8) is 0 Å². The quantitative estimate of drug-likeness (QED) is 0.578. The molecule has 0 saturated heterocycles. The highest BCUT2D eigenvalue weighted by Gasteiger charge is 2.10. The molecule has 28 heavy (non-hydrogen) atoms. The molecular formula is C23H21N3OS. The van der Waals surface area contributed by atoms with Crippen molar-refractivity contribution in [2.24, 2.45) is 0 Å². The zero-order valence-corrected chi connectivity index (χ0v) is 16.7. The van der Waals surface area contributed by atoms with Crippen molar-refractivity contribution in [1.82, 2.24) is 4.98 Å². The fraction of sp³-hybridized carbons (Fsp3) is 0.174. The van der Waals surface area contributed by atoms with E-state index in [1.54, 1.807) is 6.07 Å². The zero-order chi connectivity index (χ0) is 19.9. The van der Waals surface area contributed by atoms with Gasteiger partial charge in [-0.25, -0.2) is 4.98 Å². The zero-order valence-electron chi connectivity index (χ0n) is 15.9. The Kier molecular flexibility index (Phi) is 6.46. The first-order chi connectivity index (χ1) is 13.6. The van der Waals surface area contributed by atoms with Crippen LogP contribution in [0.5, 0.6) is 0 Å². The minimum Gasteiger partial charge on any atom is -0.326 e. The number of rotatable bonds is 6. The Morgan fingerprint density at radius 2 is 1.89 bits per heavy atom. The van der Waals surface area contributed by atoms with E-state index in [-0.39, 0.29) is 5.91 Å². The van der Waals surface area contributed by atoms with E-state index in [4.69, 9.17) is 0 Å². The molecule has 1 N–H and O–H groups in total. The summed E-state index contributed by atoms with van der Waals surface area (Å²) in [5, 5.41) is 13.0. The number of carbonyl (C=O) groups is 1. The molecule has 5 heteroatoms. The first kappa shape index (κ1) is 19.7. The van der Waals surface area contributed by atoms with Gasteiger partial charge in [0, 0.05) is 23.4 Å². The van der Waals surface area contributed by atoms with Gasteiger partial charge in [0.1, 0.15) is 11.1 Å². The number of benzene rings is 2. The summed E-state index contributed by atoms with van der Waals surface area (Å²) in [7, 11) is 0. The molecule has 4 nitrogen and oxygen atoms in total. The van der Waals surface area contributed by atoms with Crippen LogP contribution < -0.4 is 5.32 Å². The van der Waals surface area contributed by atoms with E-state index in [9.17, 15) is 10.1 Å². The lowest BCUT2D eigenvalue weighted by Gasteiger charge is -2.10. The van der Waals surface area contributed by atoms with Gasteiger partial charge in [-0.15, -0.1) is 11.8 Å². The highest BCUT2D eigenvalue weighted by Crippen LogP contribution is 2.26. The summed E-state index contributed by atoms with van der Waals surface area (Å²) < 4.78 is 0. The van der Waals surface area contributed by atoms with Crippen LogP contribution in [0, 0.1) is 25.2 Å². The molecule has 3 aromatic rings. The number of hydrogen-bond acceptors (Lipinski definition) is 4. The molecule has 1 heterocycles. The second-order valence-corrected chi connectivity index (χ2v) is 7.58. The Bertz CT molecular complexity index is 1030. The molecule has 0 bridgehead atoms. The van der Waals surface area contributed by atoms with Crippen LogP contribution in [0.1, 0.15) is 23.1 Å². The molecule has 0 radical (unpaired) electrons. The third-order valence-corrected chi connectivity index (χ3v) is 5.28. The van der Waals surface area contributed by atoms with Crippen molar-refractivity contribution in [1.29, 1.82) is 5.26 Å². The van der Waals surface area contributed by atoms with E-state index < -0.39 is 0 Å². The molecule has 3 rings (SSSR count). The predicted molar refractivity (Wildman–Crippen MR) is 114 cm³/mol. The van der Waals surface area contributed by atoms with Gasteiger partial charge in [-0.2, -0.15) is 5.26 Å². The van der Waals surface area contributed by atoms with Crippen molar-refractivity contribution in [3.05, 3.63) is 77.4 Å². The number of amides is 1. The number of aromatic nitrogens is 1. The van der Waals surface area contributed by atoms with Gasteiger partial charge in [0.15, 0.2) is 0 Å². The number of hydrogen-bond donors (Lipinski definition) is 1. The van der Waals surface area contributed by atoms with Crippen molar-refractivity contribution in [3.8, 4) is 17.3 Å². The van der Waals surface area contributed by atoms with Crippen LogP contribution in [0.4, 0.5) is 5.69 Å². The van der Waals surface area contributed by atoms with Crippen LogP contribution in [0.25, 0.3) is 11.3 Å². The van der Waals surface area contributed by atoms with Crippen LogP contribution in [0.2, 0.25) is 0 Å². The minimum absolute atomic E-state index is 0.0427. The summed E-state index contributed by atoms with van der Waals surface area (Å²) in [4.78, 5) is 16.9. The first-order valence-corrected chi connectivity index (χ1v) is 10.0. The SMILES string of the molecule is Cc1ccc(C)c(NC(=O)CCSc2nc(-c3ccccc3)ccc2C#N)c1. The van der Waals surface area contributed by atoms with Gasteiger partial charge in [0.05, 0.1) is 11.3 Å². The Balaban J connectivity index is 1.64. The Morgan fingerprint density at radius 1 is 1.11 bits per heavy atom. The van der Waals surface area contributed by atoms with Gasteiger partial charge in [-0.3, -0.25) is 4.79 Å². The molecule has 0 saturated carbocycles. The largest absolute Gasteiger partial charge is 0.326 e. The standard InChI is InChI=1S/C23H21N3OS/c1-16-8-9-17(2)21(14-16)25-22(27)12-13-28-23-19(15-24)10-11-20(26-23)18-6-4-3-5-7-18/h3-11,14H,12-13H2,1-2H3,(H,25,27). The number of pyridine rings is 1. The maximum absolute atomic E-state index is 12.3. The summed E-state index contributed by atoms with van der Waals surface area (Å²) >= 11 is 1.43. The number of nitrogens with one attached hydrogen (secondary N) is 1. The van der Waals surface area contributed by atoms with E-state index in [1.807, 2.05) is 68.4 Å². The lowest BCUT2D eigenvalue weighted by Crippen LogP contribution is -2.13. The van der Waals surface area contributed by atoms with Crippen LogP contribution in [-0.2, 0) is 4.79 Å². The molecular weight excluding hydrogens is 366 g/mol. The van der Waals surface area contributed by atoms with Crippen molar-refractivity contribution in [2.75, 3.05) is 11.1 Å². The molecule has 0 fully saturated rings. The van der Waals surface area contributed by atoms with Crippen LogP contribution in [-0.4, -0.2) is 16.6 Å². The highest BCUT2D eigenvalue weighted by molar-refractivity contribution is 7.99. The molecule has 0 spiro atoms. The van der Waals surface area contributed by atoms with Crippen molar-refractivity contribution < 1.29 is 4.79 Å². The van der Waals surface area contributed by atoms with Crippen LogP contribution >= 0.6 is 11.8 Å². The smallest absolute Gasteiger partial charge is 0.225 e. The lowest BCUT2D eigenvalue weighted by molar-refractivity contribution is -0.115. The Labute approximate surface area is 169 Å². The van der Waals surface area contributed by atoms with Gasteiger partial charge in [-0.1, -0.05) is 42.5 Å². The van der Waals surface area contributed by atoms with E-state index in [2.05, 4.69) is 16.4 Å². The predicted octanol–water partition coefficient (Wildman–Crippen LogP) is 5.36. The number of aryl methyl sites for hydroxylation is 2. The number of nitrogens with zero attached hydrogens (tertiary/aromatic N) is 2. The van der Waals surface area contributed by atoms with E-state index in [0.29, 0.717) is 22.8 Å². The fourth-order valence-corrected chi connectivity index (χ4v) is 3.64. The highest BCUT2D eigenvalue weighted by atomic mass is 32.2. The average Bonchev–Trinajstić information content (AvgIpc) is 2.71. The number of thioether (sulfide) groups is 1. The number of nitriles is 1. The molecule has 0 unspecified atom stereocenters. The molecule has 140 valence electrons. The Morgan fingerprint density at radius 3 is 2.64 bits per heavy atom. The topological polar surface area (TPSA) is 65.8 Å². The minimum atomic E-state index is -0.0427. The third-order valence-electron chi connectivity index (χ3n) is 4.29. The summed E-state index contributed by atoms with van der Waals surface area (Å²) in [6.07, 6.45) is 0.347. The van der Waals surface area contributed by atoms with E-state index in [1.165, 1.54) is 11.8 Å². The maximum atomic E-state index is 12.3. The van der Waals surface area contributed by atoms with Gasteiger partial charge >= 0.3 is 0 Å². The molecule has 1 amide bonds. The lowest BCUT2D eigenvalue weighted by atomic mass is 10.1. The van der Waals surface area contributed by atoms with Gasteiger partial charge < -0.3 is 5.32 Å². The average molecular weight is 388 g/mol. The second kappa shape index (κ2) is 9.20. The van der Waals surface area contributed by atoms with E-state index >= 15 is 0 Å². The monoisotopic (exact) mass is 387 g/mol. The van der Waals surface area contributed by atoms with Gasteiger partial charge in [-0.05, 0) is 43.2 Å². The normalized spacial score (nSPS) is 10.3. The molecule has 2 aromatic carbocycles. The third kappa shape index (κ3) is 4.99. The number of anilines is 1. The number of carbonyl (C=O) groups excluding carboxylic acids is 1. The van der Waals surface area contributed by atoms with Crippen molar-refractivity contribution in [2.45, 2.75) is 25.3 Å². The fourth-order valence-electron chi connectivity index (χ4n) is 2.73. The summed E-state index contributed by atoms with van der Waals surface area (Å²) in [6.45, 7) is 3.97. The van der Waals surface area contributed by atoms with E-state index in [0.717, 1.165) is 28.1 Å². The summed E-state index contributed by atoms with van der Waals surface area (Å²) in [6, 6.07) is 21.7. The molecule has 1 aromatic heterocycles. The maximum Gasteiger partial charge on any atom is 0.225 e. The molecule has 0 atom stereocenters. The molecule has 0 aliphatic carbocycles. The Hall–Kier alpha value is -3.10. The summed E-state index contributed by atoms with van der Waals surface area (Å²) in [5.41, 5.74) is 5.34. The summed E-state index contributed by atoms with van der Waals surface area (Å²) in [5.74, 6) is 0.510. The van der Waals surface area contributed by atoms with Crippen molar-refractivity contribution >= 4 is 23.4 Å². The molecule has 0 aliphatic heterocycles. The second-order valence-electron chi connectivity index (χ2n) is 6.49. The first-order valence-electron chi connectivity index (χ1n) is 9.03. The van der Waals surface area contributed by atoms with Crippen LogP contribution in [0.15, 0.2) is 65.7 Å². The van der Waals surface area contributed by atoms with Gasteiger partial charge in [0.2, 0.25) is 5.91 Å². The van der Waals surface area contributed by atoms with Crippen LogP contribution in [0.3, 0.4) is 0 Å². The van der Waals surface area contributed by atoms with Gasteiger partial charge in [0.25, 0.3) is 0 Å².